The van der Waals surface area contributed by atoms with Crippen molar-refractivity contribution in [1.29, 1.82) is 0 Å². The second-order valence-electron chi connectivity index (χ2n) is 9.28. The van der Waals surface area contributed by atoms with Crippen LogP contribution in [0.2, 0.25) is 5.02 Å². The molecule has 0 radical (unpaired) electrons. The molecule has 0 unspecified atom stereocenters. The molecule has 1 fully saturated rings. The third kappa shape index (κ3) is 4.99. The van der Waals surface area contributed by atoms with Gasteiger partial charge in [0.2, 0.25) is 11.8 Å². The molecule has 32 heavy (non-hydrogen) atoms. The van der Waals surface area contributed by atoms with Gasteiger partial charge in [-0.2, -0.15) is 0 Å². The zero-order valence-electron chi connectivity index (χ0n) is 18.6. The van der Waals surface area contributed by atoms with Crippen LogP contribution < -0.4 is 20.7 Å². The number of hydrogen-bond donors (Lipinski definition) is 3. The van der Waals surface area contributed by atoms with E-state index >= 15 is 0 Å². The van der Waals surface area contributed by atoms with E-state index in [9.17, 15) is 9.59 Å². The zero-order chi connectivity index (χ0) is 22.9. The van der Waals surface area contributed by atoms with Crippen LogP contribution in [0.25, 0.3) is 11.1 Å². The van der Waals surface area contributed by atoms with Gasteiger partial charge in [-0.05, 0) is 45.2 Å². The molecule has 1 saturated carbocycles. The monoisotopic (exact) mass is 456 g/mol. The number of pyridine rings is 1. The average molecular weight is 457 g/mol. The Hall–Kier alpha value is -2.80. The number of hydrogen-bond acceptors (Lipinski definition) is 5. The summed E-state index contributed by atoms with van der Waals surface area (Å²) >= 11 is 6.49. The first-order valence-corrected chi connectivity index (χ1v) is 11.4. The molecule has 2 amide bonds. The molecule has 2 aromatic rings. The Labute approximate surface area is 193 Å². The molecule has 1 aliphatic carbocycles. The van der Waals surface area contributed by atoms with Gasteiger partial charge in [-0.25, -0.2) is 4.98 Å². The van der Waals surface area contributed by atoms with Crippen LogP contribution in [0.5, 0.6) is 5.75 Å². The number of rotatable bonds is 4. The summed E-state index contributed by atoms with van der Waals surface area (Å²) in [5, 5.41) is 9.84. The van der Waals surface area contributed by atoms with Gasteiger partial charge in [0.25, 0.3) is 0 Å². The summed E-state index contributed by atoms with van der Waals surface area (Å²) in [5.74, 6) is 0.864. The van der Waals surface area contributed by atoms with Crippen molar-refractivity contribution in [3.8, 4) is 16.9 Å². The fraction of sp³-hybridized carbons (Fsp3) is 0.458. The highest BCUT2D eigenvalue weighted by Crippen LogP contribution is 2.43. The van der Waals surface area contributed by atoms with Crippen molar-refractivity contribution in [2.45, 2.75) is 58.0 Å². The normalized spacial score (nSPS) is 21.5. The van der Waals surface area contributed by atoms with E-state index in [4.69, 9.17) is 16.3 Å². The highest BCUT2D eigenvalue weighted by Gasteiger charge is 2.29. The van der Waals surface area contributed by atoms with Gasteiger partial charge in [0, 0.05) is 36.2 Å². The summed E-state index contributed by atoms with van der Waals surface area (Å²) in [6.45, 7) is 6.20. The standard InChI is InChI=1S/C24H29ClN4O3/c1-14(30)27-16-7-4-6-15(10-16)23(31)28-21-11-18(19(25)12-26-21)17-8-5-9-20-22(17)32-13-24(2,3)29-20/h5,8-9,11-12,15-16,29H,4,6-7,10,13H2,1-3H3,(H,27,30)(H,26,28,31)/t15-,16+/m0/s1. The molecule has 3 N–H and O–H groups in total. The molecule has 0 bridgehead atoms. The number of para-hydroxylation sites is 1. The van der Waals surface area contributed by atoms with E-state index in [1.807, 2.05) is 18.2 Å². The van der Waals surface area contributed by atoms with Crippen molar-refractivity contribution in [1.82, 2.24) is 10.3 Å². The Morgan fingerprint density at radius 2 is 2.06 bits per heavy atom. The lowest BCUT2D eigenvalue weighted by Gasteiger charge is -2.34. The van der Waals surface area contributed by atoms with Gasteiger partial charge < -0.3 is 20.7 Å². The Kier molecular flexibility index (Phi) is 6.29. The first-order valence-electron chi connectivity index (χ1n) is 11.0. The third-order valence-electron chi connectivity index (χ3n) is 5.91. The maximum atomic E-state index is 12.9. The molecule has 1 aliphatic heterocycles. The molecule has 4 rings (SSSR count). The highest BCUT2D eigenvalue weighted by molar-refractivity contribution is 6.33. The Morgan fingerprint density at radius 1 is 1.25 bits per heavy atom. The SMILES string of the molecule is CC(=O)N[C@@H]1CCC[C@H](C(=O)Nc2cc(-c3cccc4c3OCC(C)(C)N4)c(Cl)cn2)C1. The maximum Gasteiger partial charge on any atom is 0.228 e. The number of ether oxygens (including phenoxy) is 1. The number of aromatic nitrogens is 1. The summed E-state index contributed by atoms with van der Waals surface area (Å²) in [5.41, 5.74) is 2.33. The third-order valence-corrected chi connectivity index (χ3v) is 6.22. The molecule has 2 atom stereocenters. The molecular weight excluding hydrogens is 428 g/mol. The van der Waals surface area contributed by atoms with Crippen LogP contribution >= 0.6 is 11.6 Å². The summed E-state index contributed by atoms with van der Waals surface area (Å²) in [7, 11) is 0. The van der Waals surface area contributed by atoms with Crippen LogP contribution in [0.15, 0.2) is 30.5 Å². The van der Waals surface area contributed by atoms with Crippen molar-refractivity contribution >= 4 is 34.9 Å². The predicted molar refractivity (Wildman–Crippen MR) is 126 cm³/mol. The molecule has 1 aromatic carbocycles. The van der Waals surface area contributed by atoms with Gasteiger partial charge in [0.1, 0.15) is 18.2 Å². The number of fused-ring (bicyclic) bond motifs is 1. The van der Waals surface area contributed by atoms with Gasteiger partial charge in [-0.3, -0.25) is 9.59 Å². The predicted octanol–water partition coefficient (Wildman–Crippen LogP) is 4.62. The smallest absolute Gasteiger partial charge is 0.228 e. The van der Waals surface area contributed by atoms with Crippen LogP contribution in [-0.2, 0) is 9.59 Å². The van der Waals surface area contributed by atoms with Crippen molar-refractivity contribution < 1.29 is 14.3 Å². The molecular formula is C24H29ClN4O3. The van der Waals surface area contributed by atoms with Crippen molar-refractivity contribution in [2.75, 3.05) is 17.2 Å². The quantitative estimate of drug-likeness (QED) is 0.624. The van der Waals surface area contributed by atoms with Crippen LogP contribution in [-0.4, -0.2) is 35.0 Å². The number of carbonyl (C=O) groups is 2. The van der Waals surface area contributed by atoms with Gasteiger partial charge in [0.15, 0.2) is 0 Å². The summed E-state index contributed by atoms with van der Waals surface area (Å²) in [6.07, 6.45) is 4.78. The topological polar surface area (TPSA) is 92.4 Å². The maximum absolute atomic E-state index is 12.9. The Balaban J connectivity index is 1.54. The largest absolute Gasteiger partial charge is 0.488 e. The Bertz CT molecular complexity index is 1040. The van der Waals surface area contributed by atoms with Crippen molar-refractivity contribution in [2.24, 2.45) is 5.92 Å². The van der Waals surface area contributed by atoms with Gasteiger partial charge in [-0.1, -0.05) is 30.2 Å². The minimum atomic E-state index is -0.166. The lowest BCUT2D eigenvalue weighted by Crippen LogP contribution is -2.41. The minimum absolute atomic E-state index is 0.0375. The minimum Gasteiger partial charge on any atom is -0.488 e. The number of anilines is 2. The molecule has 0 spiro atoms. The molecule has 0 saturated heterocycles. The van der Waals surface area contributed by atoms with E-state index in [1.54, 1.807) is 12.3 Å². The van der Waals surface area contributed by atoms with E-state index in [0.29, 0.717) is 23.9 Å². The molecule has 2 heterocycles. The highest BCUT2D eigenvalue weighted by atomic mass is 35.5. The molecule has 2 aliphatic rings. The van der Waals surface area contributed by atoms with E-state index in [1.165, 1.54) is 6.92 Å². The molecule has 1 aromatic heterocycles. The van der Waals surface area contributed by atoms with Gasteiger partial charge >= 0.3 is 0 Å². The molecule has 8 heteroatoms. The fourth-order valence-electron chi connectivity index (χ4n) is 4.44. The molecule has 7 nitrogen and oxygen atoms in total. The lowest BCUT2D eigenvalue weighted by atomic mass is 9.85. The van der Waals surface area contributed by atoms with E-state index in [-0.39, 0.29) is 29.3 Å². The second kappa shape index (κ2) is 8.98. The number of carbonyl (C=O) groups excluding carboxylic acids is 2. The fourth-order valence-corrected chi connectivity index (χ4v) is 4.65. The number of halogens is 1. The molecule has 170 valence electrons. The number of amides is 2. The van der Waals surface area contributed by atoms with E-state index in [2.05, 4.69) is 34.8 Å². The van der Waals surface area contributed by atoms with Crippen LogP contribution in [0.1, 0.15) is 46.5 Å². The second-order valence-corrected chi connectivity index (χ2v) is 9.69. The van der Waals surface area contributed by atoms with Crippen LogP contribution in [0.3, 0.4) is 0 Å². The zero-order valence-corrected chi connectivity index (χ0v) is 19.4. The number of nitrogens with zero attached hydrogens (tertiary/aromatic N) is 1. The lowest BCUT2D eigenvalue weighted by molar-refractivity contribution is -0.123. The Morgan fingerprint density at radius 3 is 2.84 bits per heavy atom. The van der Waals surface area contributed by atoms with Crippen LogP contribution in [0, 0.1) is 5.92 Å². The average Bonchev–Trinajstić information content (AvgIpc) is 2.73. The number of nitrogens with one attached hydrogen (secondary N) is 3. The van der Waals surface area contributed by atoms with E-state index < -0.39 is 0 Å². The summed E-state index contributed by atoms with van der Waals surface area (Å²) in [6, 6.07) is 7.70. The van der Waals surface area contributed by atoms with Crippen molar-refractivity contribution in [3.05, 3.63) is 35.5 Å². The number of benzene rings is 1. The van der Waals surface area contributed by atoms with Crippen molar-refractivity contribution in [3.63, 3.8) is 0 Å². The summed E-state index contributed by atoms with van der Waals surface area (Å²) in [4.78, 5) is 28.6. The van der Waals surface area contributed by atoms with Gasteiger partial charge in [0.05, 0.1) is 16.2 Å². The first kappa shape index (κ1) is 22.4. The first-order chi connectivity index (χ1) is 15.2. The summed E-state index contributed by atoms with van der Waals surface area (Å²) < 4.78 is 6.08. The van der Waals surface area contributed by atoms with Crippen LogP contribution in [0.4, 0.5) is 11.5 Å². The van der Waals surface area contributed by atoms with E-state index in [0.717, 1.165) is 41.8 Å². The van der Waals surface area contributed by atoms with Gasteiger partial charge in [-0.15, -0.1) is 0 Å².